The number of nitrogens with zero attached hydrogens (tertiary/aromatic N) is 1. The monoisotopic (exact) mass is 260 g/mol. The highest BCUT2D eigenvalue weighted by Crippen LogP contribution is 2.34. The van der Waals surface area contributed by atoms with E-state index in [1.54, 1.807) is 7.05 Å². The van der Waals surface area contributed by atoms with Crippen LogP contribution < -0.4 is 5.73 Å². The van der Waals surface area contributed by atoms with Crippen molar-refractivity contribution in [2.24, 2.45) is 5.73 Å². The largest absolute Gasteiger partial charge is 0.326 e. The van der Waals surface area contributed by atoms with Crippen molar-refractivity contribution in [3.63, 3.8) is 0 Å². The fraction of sp³-hybridized carbons (Fsp3) is 0.600. The zero-order valence-corrected chi connectivity index (χ0v) is 11.1. The van der Waals surface area contributed by atoms with E-state index in [4.69, 9.17) is 5.73 Å². The van der Waals surface area contributed by atoms with Gasteiger partial charge in [-0.15, -0.1) is 11.3 Å². The molecule has 2 N–H and O–H groups in total. The molecule has 0 aliphatic heterocycles. The summed E-state index contributed by atoms with van der Waals surface area (Å²) in [5.41, 5.74) is 6.38. The third-order valence-electron chi connectivity index (χ3n) is 2.87. The summed E-state index contributed by atoms with van der Waals surface area (Å²) >= 11 is 1.42. The predicted octanol–water partition coefficient (Wildman–Crippen LogP) is 1.30. The van der Waals surface area contributed by atoms with Crippen LogP contribution in [0.5, 0.6) is 0 Å². The molecule has 4 nitrogen and oxygen atoms in total. The van der Waals surface area contributed by atoms with Crippen LogP contribution in [0.15, 0.2) is 10.3 Å². The molecule has 2 rings (SSSR count). The molecule has 0 amide bonds. The highest BCUT2D eigenvalue weighted by molar-refractivity contribution is 7.89. The Balaban J connectivity index is 2.45. The van der Waals surface area contributed by atoms with Gasteiger partial charge < -0.3 is 5.73 Å². The van der Waals surface area contributed by atoms with E-state index in [0.717, 1.165) is 23.3 Å². The lowest BCUT2D eigenvalue weighted by Gasteiger charge is -2.17. The molecule has 16 heavy (non-hydrogen) atoms. The molecular weight excluding hydrogens is 244 g/mol. The summed E-state index contributed by atoms with van der Waals surface area (Å²) in [5.74, 6) is 0. The molecule has 0 aromatic carbocycles. The van der Waals surface area contributed by atoms with Crippen LogP contribution in [-0.2, 0) is 16.6 Å². The molecule has 1 fully saturated rings. The zero-order valence-electron chi connectivity index (χ0n) is 9.43. The van der Waals surface area contributed by atoms with Gasteiger partial charge in [-0.3, -0.25) is 0 Å². The normalized spacial score (nSPS) is 17.0. The maximum Gasteiger partial charge on any atom is 0.244 e. The highest BCUT2D eigenvalue weighted by atomic mass is 32.2. The second-order valence-electron chi connectivity index (χ2n) is 4.13. The minimum absolute atomic E-state index is 0.190. The van der Waals surface area contributed by atoms with Crippen molar-refractivity contribution in [2.45, 2.75) is 37.2 Å². The van der Waals surface area contributed by atoms with E-state index in [1.165, 1.54) is 15.6 Å². The zero-order chi connectivity index (χ0) is 11.9. The van der Waals surface area contributed by atoms with Gasteiger partial charge in [0.2, 0.25) is 10.0 Å². The lowest BCUT2D eigenvalue weighted by atomic mass is 10.3. The summed E-state index contributed by atoms with van der Waals surface area (Å²) in [5, 5.41) is 1.86. The van der Waals surface area contributed by atoms with Crippen molar-refractivity contribution >= 4 is 21.4 Å². The van der Waals surface area contributed by atoms with Crippen molar-refractivity contribution in [3.05, 3.63) is 15.8 Å². The van der Waals surface area contributed by atoms with Crippen LogP contribution in [0.1, 0.15) is 23.3 Å². The molecule has 6 heteroatoms. The lowest BCUT2D eigenvalue weighted by molar-refractivity contribution is 0.463. The van der Waals surface area contributed by atoms with Gasteiger partial charge in [0.05, 0.1) is 0 Å². The van der Waals surface area contributed by atoms with Crippen LogP contribution in [0.2, 0.25) is 0 Å². The molecule has 1 aromatic rings. The quantitative estimate of drug-likeness (QED) is 0.887. The maximum atomic E-state index is 12.4. The average molecular weight is 260 g/mol. The number of rotatable bonds is 4. The van der Waals surface area contributed by atoms with Gasteiger partial charge in [-0.1, -0.05) is 0 Å². The molecule has 90 valence electrons. The van der Waals surface area contributed by atoms with Gasteiger partial charge in [0, 0.05) is 24.5 Å². The first kappa shape index (κ1) is 12.0. The minimum atomic E-state index is -3.34. The second kappa shape index (κ2) is 4.10. The Labute approximate surface area is 100 Å². The molecule has 1 aromatic heterocycles. The number of hydrogen-bond acceptors (Lipinski definition) is 4. The topological polar surface area (TPSA) is 63.4 Å². The van der Waals surface area contributed by atoms with Gasteiger partial charge in [0.25, 0.3) is 0 Å². The number of nitrogens with two attached hydrogens (primary N) is 1. The van der Waals surface area contributed by atoms with Crippen molar-refractivity contribution in [1.82, 2.24) is 4.31 Å². The van der Waals surface area contributed by atoms with Gasteiger partial charge >= 0.3 is 0 Å². The molecule has 0 bridgehead atoms. The van der Waals surface area contributed by atoms with Gasteiger partial charge in [0.1, 0.15) is 4.90 Å². The molecule has 0 atom stereocenters. The van der Waals surface area contributed by atoms with Crippen LogP contribution in [0.4, 0.5) is 0 Å². The smallest absolute Gasteiger partial charge is 0.244 e. The van der Waals surface area contributed by atoms with E-state index in [1.807, 2.05) is 12.3 Å². The lowest BCUT2D eigenvalue weighted by Crippen LogP contribution is -2.30. The van der Waals surface area contributed by atoms with E-state index < -0.39 is 10.0 Å². The molecule has 1 heterocycles. The van der Waals surface area contributed by atoms with Gasteiger partial charge in [-0.25, -0.2) is 8.42 Å². The second-order valence-corrected chi connectivity index (χ2v) is 7.03. The fourth-order valence-electron chi connectivity index (χ4n) is 1.75. The van der Waals surface area contributed by atoms with Crippen LogP contribution in [-0.4, -0.2) is 25.8 Å². The summed E-state index contributed by atoms with van der Waals surface area (Å²) in [6.07, 6.45) is 1.94. The average Bonchev–Trinajstić information content (AvgIpc) is 3.00. The molecule has 0 radical (unpaired) electrons. The van der Waals surface area contributed by atoms with Gasteiger partial charge in [-0.2, -0.15) is 4.31 Å². The van der Waals surface area contributed by atoms with Crippen LogP contribution in [0, 0.1) is 6.92 Å². The first-order valence-electron chi connectivity index (χ1n) is 5.23. The minimum Gasteiger partial charge on any atom is -0.326 e. The summed E-state index contributed by atoms with van der Waals surface area (Å²) in [4.78, 5) is 1.18. The molecule has 0 unspecified atom stereocenters. The van der Waals surface area contributed by atoms with E-state index in [9.17, 15) is 8.42 Å². The Morgan fingerprint density at radius 2 is 2.19 bits per heavy atom. The first-order chi connectivity index (χ1) is 7.48. The summed E-state index contributed by atoms with van der Waals surface area (Å²) in [7, 11) is -1.68. The van der Waals surface area contributed by atoms with Crippen LogP contribution in [0.3, 0.4) is 0 Å². The molecule has 0 spiro atoms. The van der Waals surface area contributed by atoms with E-state index in [0.29, 0.717) is 4.90 Å². The third-order valence-corrected chi connectivity index (χ3v) is 6.27. The Morgan fingerprint density at radius 3 is 2.69 bits per heavy atom. The van der Waals surface area contributed by atoms with E-state index in [-0.39, 0.29) is 12.6 Å². The molecule has 0 saturated heterocycles. The Bertz CT molecular complexity index is 489. The predicted molar refractivity (Wildman–Crippen MR) is 64.9 cm³/mol. The van der Waals surface area contributed by atoms with Crippen molar-refractivity contribution in [1.29, 1.82) is 0 Å². The highest BCUT2D eigenvalue weighted by Gasteiger charge is 2.37. The summed E-state index contributed by atoms with van der Waals surface area (Å²) in [6.45, 7) is 2.11. The van der Waals surface area contributed by atoms with Crippen molar-refractivity contribution < 1.29 is 8.42 Å². The Kier molecular flexibility index (Phi) is 3.09. The number of hydrogen-bond donors (Lipinski definition) is 1. The number of aryl methyl sites for hydroxylation is 1. The van der Waals surface area contributed by atoms with Crippen molar-refractivity contribution in [3.8, 4) is 0 Å². The molecule has 1 aliphatic rings. The molecular formula is C10H16N2O2S2. The summed E-state index contributed by atoms with van der Waals surface area (Å²) in [6, 6.07) is 0.190. The van der Waals surface area contributed by atoms with Gasteiger partial charge in [-0.05, 0) is 30.7 Å². The number of sulfonamides is 1. The van der Waals surface area contributed by atoms with Crippen molar-refractivity contribution in [2.75, 3.05) is 7.05 Å². The Morgan fingerprint density at radius 1 is 1.56 bits per heavy atom. The van der Waals surface area contributed by atoms with E-state index in [2.05, 4.69) is 0 Å². The summed E-state index contributed by atoms with van der Waals surface area (Å²) < 4.78 is 26.2. The third kappa shape index (κ3) is 1.90. The van der Waals surface area contributed by atoms with Gasteiger partial charge in [0.15, 0.2) is 0 Å². The maximum absolute atomic E-state index is 12.4. The number of thiophene rings is 1. The van der Waals surface area contributed by atoms with E-state index >= 15 is 0 Å². The van der Waals surface area contributed by atoms with Crippen LogP contribution >= 0.6 is 11.3 Å². The molecule has 1 aliphatic carbocycles. The SMILES string of the molecule is Cc1csc(CN)c1S(=O)(=O)N(C)C1CC1. The first-order valence-corrected chi connectivity index (χ1v) is 7.55. The molecule has 1 saturated carbocycles. The van der Waals surface area contributed by atoms with Crippen LogP contribution in [0.25, 0.3) is 0 Å². The fourth-order valence-corrected chi connectivity index (χ4v) is 4.82. The standard InChI is InChI=1S/C10H16N2O2S2/c1-7-6-15-9(5-11)10(7)16(13,14)12(2)8-3-4-8/h6,8H,3-5,11H2,1-2H3. The Hall–Kier alpha value is -0.430.